The smallest absolute Gasteiger partial charge is 0.193 e. The Morgan fingerprint density at radius 3 is 2.44 bits per heavy atom. The van der Waals surface area contributed by atoms with E-state index in [1.165, 1.54) is 5.57 Å². The maximum Gasteiger partial charge on any atom is 0.193 e. The quantitative estimate of drug-likeness (QED) is 0.321. The molecule has 1 heterocycles. The molecule has 0 unspecified atom stereocenters. The van der Waals surface area contributed by atoms with Crippen molar-refractivity contribution >= 4 is 5.78 Å². The van der Waals surface area contributed by atoms with Gasteiger partial charge in [0.1, 0.15) is 5.75 Å². The fourth-order valence-corrected chi connectivity index (χ4v) is 7.78. The molecule has 3 aliphatic carbocycles. The molecule has 2 aromatic carbocycles. The Hall–Kier alpha value is -2.55. The highest BCUT2D eigenvalue weighted by Crippen LogP contribution is 2.58. The van der Waals surface area contributed by atoms with E-state index in [0.717, 1.165) is 63.0 Å². The van der Waals surface area contributed by atoms with E-state index in [1.54, 1.807) is 7.11 Å². The van der Waals surface area contributed by atoms with Crippen LogP contribution in [0.3, 0.4) is 0 Å². The molecule has 0 aromatic heterocycles. The van der Waals surface area contributed by atoms with Gasteiger partial charge in [-0.05, 0) is 99.2 Å². The van der Waals surface area contributed by atoms with Crippen molar-refractivity contribution in [3.63, 3.8) is 0 Å². The largest absolute Gasteiger partial charge is 0.497 e. The predicted octanol–water partition coefficient (Wildman–Crippen LogP) is 4.57. The van der Waals surface area contributed by atoms with Crippen LogP contribution < -0.4 is 4.74 Å². The molecule has 4 aliphatic rings. The van der Waals surface area contributed by atoms with Crippen LogP contribution >= 0.6 is 0 Å². The molecule has 0 spiro atoms. The summed E-state index contributed by atoms with van der Waals surface area (Å²) in [5.74, 6) is 0.688. The summed E-state index contributed by atoms with van der Waals surface area (Å²) in [4.78, 5) is 18.8. The van der Waals surface area contributed by atoms with E-state index in [1.807, 2.05) is 30.3 Å². The molecule has 1 aliphatic heterocycles. The molecule has 6 rings (SSSR count). The lowest BCUT2D eigenvalue weighted by molar-refractivity contribution is -0.0888. The molecule has 1 saturated carbocycles. The van der Waals surface area contributed by atoms with Crippen molar-refractivity contribution in [1.29, 1.82) is 0 Å². The molecular weight excluding hydrogens is 540 g/mol. The molecule has 43 heavy (non-hydrogen) atoms. The topological polar surface area (TPSA) is 93.5 Å². The fourth-order valence-electron chi connectivity index (χ4n) is 7.78. The molecular formula is C36H50N2O5. The Morgan fingerprint density at radius 1 is 1.02 bits per heavy atom. The number of carbonyl (C=O) groups excluding carboxylic acids is 1. The molecule has 0 amide bonds. The second kappa shape index (κ2) is 13.6. The number of allylic oxidation sites excluding steroid dienone is 2. The second-order valence-electron chi connectivity index (χ2n) is 13.3. The van der Waals surface area contributed by atoms with Crippen molar-refractivity contribution in [2.45, 2.75) is 76.4 Å². The van der Waals surface area contributed by atoms with Gasteiger partial charge in [-0.2, -0.15) is 0 Å². The van der Waals surface area contributed by atoms with E-state index in [0.29, 0.717) is 49.2 Å². The maximum atomic E-state index is 14.2. The summed E-state index contributed by atoms with van der Waals surface area (Å²) in [7, 11) is 1.62. The van der Waals surface area contributed by atoms with Crippen LogP contribution in [-0.4, -0.2) is 95.6 Å². The van der Waals surface area contributed by atoms with Gasteiger partial charge in [0.2, 0.25) is 0 Å². The zero-order chi connectivity index (χ0) is 30.6. The van der Waals surface area contributed by atoms with Crippen LogP contribution in [0.5, 0.6) is 5.75 Å². The number of piperazine rings is 1. The van der Waals surface area contributed by atoms with Crippen molar-refractivity contribution in [3.05, 3.63) is 76.4 Å². The first-order valence-corrected chi connectivity index (χ1v) is 16.1. The van der Waals surface area contributed by atoms with Crippen molar-refractivity contribution in [1.82, 2.24) is 9.80 Å². The molecule has 2 bridgehead atoms. The Bertz CT molecular complexity index is 1290. The molecule has 2 fully saturated rings. The molecule has 234 valence electrons. The van der Waals surface area contributed by atoms with Gasteiger partial charge in [0.15, 0.2) is 5.78 Å². The lowest BCUT2D eigenvalue weighted by Crippen LogP contribution is -2.56. The van der Waals surface area contributed by atoms with Gasteiger partial charge >= 0.3 is 0 Å². The number of ether oxygens (including phenoxy) is 1. The van der Waals surface area contributed by atoms with Crippen LogP contribution in [0, 0.1) is 5.41 Å². The standard InChI is InChI=1S/C36H50N2O5/c1-26-5-4-15-35(2)33(14-16-36(35,42)25-38-19-17-37(18-20-38)21-22-39)31-13-7-27(23-29(40)10-6-26)24-32(31)34(41)28-8-11-30(43-3)12-9-28/h5,7-9,11-13,24,29,33,39-40,42H,4,6,10,14-23,25H2,1-3H3/t29-,33-,35-,36+/m0/s1. The van der Waals surface area contributed by atoms with Gasteiger partial charge in [-0.3, -0.25) is 14.6 Å². The van der Waals surface area contributed by atoms with E-state index in [-0.39, 0.29) is 18.3 Å². The number of nitrogens with zero attached hydrogens (tertiary/aromatic N) is 2. The fraction of sp³-hybridized carbons (Fsp3) is 0.583. The minimum Gasteiger partial charge on any atom is -0.497 e. The first-order chi connectivity index (χ1) is 20.7. The Kier molecular flexibility index (Phi) is 10.1. The number of hydrogen-bond acceptors (Lipinski definition) is 7. The first kappa shape index (κ1) is 31.9. The Morgan fingerprint density at radius 2 is 1.74 bits per heavy atom. The van der Waals surface area contributed by atoms with Gasteiger partial charge in [-0.1, -0.05) is 30.7 Å². The minimum absolute atomic E-state index is 0.0148. The number of hydrogen-bond donors (Lipinski definition) is 3. The van der Waals surface area contributed by atoms with Crippen LogP contribution in [0.2, 0.25) is 0 Å². The number of β-amino-alcohol motifs (C(OH)–C–C–N with tert-alkyl or cyclic N) is 2. The van der Waals surface area contributed by atoms with Crippen molar-refractivity contribution in [2.75, 3.05) is 53.0 Å². The predicted molar refractivity (Wildman–Crippen MR) is 170 cm³/mol. The zero-order valence-electron chi connectivity index (χ0n) is 26.2. The first-order valence-electron chi connectivity index (χ1n) is 16.1. The van der Waals surface area contributed by atoms with Gasteiger partial charge in [0.05, 0.1) is 25.4 Å². The highest BCUT2D eigenvalue weighted by Gasteiger charge is 2.57. The van der Waals surface area contributed by atoms with E-state index >= 15 is 0 Å². The number of carbonyl (C=O) groups is 1. The van der Waals surface area contributed by atoms with Gasteiger partial charge in [-0.25, -0.2) is 0 Å². The van der Waals surface area contributed by atoms with Crippen LogP contribution in [0.1, 0.15) is 85.3 Å². The van der Waals surface area contributed by atoms with Crippen LogP contribution in [0.15, 0.2) is 54.1 Å². The molecule has 7 heteroatoms. The van der Waals surface area contributed by atoms with Gasteiger partial charge in [0.25, 0.3) is 0 Å². The number of fused-ring (bicyclic) bond motifs is 8. The summed E-state index contributed by atoms with van der Waals surface area (Å²) < 4.78 is 5.33. The Labute approximate surface area is 257 Å². The van der Waals surface area contributed by atoms with Crippen LogP contribution in [0.4, 0.5) is 0 Å². The lowest BCUT2D eigenvalue weighted by atomic mass is 9.64. The number of rotatable bonds is 7. The normalized spacial score (nSPS) is 29.1. The summed E-state index contributed by atoms with van der Waals surface area (Å²) in [5.41, 5.74) is 3.19. The molecule has 3 N–H and O–H groups in total. The molecule has 7 nitrogen and oxygen atoms in total. The molecule has 0 radical (unpaired) electrons. The minimum atomic E-state index is -0.898. The van der Waals surface area contributed by atoms with Gasteiger partial charge < -0.3 is 20.1 Å². The zero-order valence-corrected chi connectivity index (χ0v) is 26.2. The van der Waals surface area contributed by atoms with Gasteiger partial charge in [-0.15, -0.1) is 0 Å². The Balaban J connectivity index is 1.53. The van der Waals surface area contributed by atoms with Crippen molar-refractivity contribution in [3.8, 4) is 5.75 Å². The number of methoxy groups -OCH3 is 1. The monoisotopic (exact) mass is 590 g/mol. The third-order valence-electron chi connectivity index (χ3n) is 10.6. The third-order valence-corrected chi connectivity index (χ3v) is 10.6. The second-order valence-corrected chi connectivity index (χ2v) is 13.3. The maximum absolute atomic E-state index is 14.2. The number of aliphatic hydroxyl groups excluding tert-OH is 2. The highest BCUT2D eigenvalue weighted by molar-refractivity contribution is 6.10. The summed E-state index contributed by atoms with van der Waals surface area (Å²) >= 11 is 0. The average molecular weight is 591 g/mol. The number of aliphatic hydroxyl groups is 3. The molecule has 2 aromatic rings. The number of ketones is 1. The van der Waals surface area contributed by atoms with Crippen LogP contribution in [0.25, 0.3) is 0 Å². The van der Waals surface area contributed by atoms with E-state index in [2.05, 4.69) is 41.9 Å². The summed E-state index contributed by atoms with van der Waals surface area (Å²) in [5, 5.41) is 32.8. The lowest BCUT2D eigenvalue weighted by Gasteiger charge is -2.47. The average Bonchev–Trinajstić information content (AvgIpc) is 3.25. The van der Waals surface area contributed by atoms with E-state index in [9.17, 15) is 20.1 Å². The van der Waals surface area contributed by atoms with Gasteiger partial charge in [0, 0.05) is 55.8 Å². The van der Waals surface area contributed by atoms with Crippen LogP contribution in [-0.2, 0) is 6.42 Å². The van der Waals surface area contributed by atoms with Crippen molar-refractivity contribution in [2.24, 2.45) is 5.41 Å². The summed E-state index contributed by atoms with van der Waals surface area (Å²) in [6.07, 6.45) is 6.99. The molecule has 1 saturated heterocycles. The van der Waals surface area contributed by atoms with E-state index in [4.69, 9.17) is 4.74 Å². The third kappa shape index (κ3) is 6.91. The van der Waals surface area contributed by atoms with E-state index < -0.39 is 17.1 Å². The molecule has 4 atom stereocenters. The summed E-state index contributed by atoms with van der Waals surface area (Å²) in [6.45, 7) is 9.42. The highest BCUT2D eigenvalue weighted by atomic mass is 16.5. The number of benzene rings is 2. The summed E-state index contributed by atoms with van der Waals surface area (Å²) in [6, 6.07) is 13.5. The van der Waals surface area contributed by atoms with Crippen molar-refractivity contribution < 1.29 is 24.9 Å². The SMILES string of the molecule is COc1ccc(C(=O)c2cc3ccc2[C@@H]2CC[C@@](O)(CN4CCN(CCO)CC4)[C@@]2(C)CCC=C(C)CC[C@H](O)C3)cc1.